The van der Waals surface area contributed by atoms with E-state index in [1.807, 2.05) is 42.6 Å². The lowest BCUT2D eigenvalue weighted by molar-refractivity contribution is 0.310. The van der Waals surface area contributed by atoms with Crippen LogP contribution in [0.25, 0.3) is 10.6 Å². The van der Waals surface area contributed by atoms with Gasteiger partial charge in [-0.15, -0.1) is 16.4 Å². The Kier molecular flexibility index (Phi) is 4.67. The van der Waals surface area contributed by atoms with Crippen molar-refractivity contribution in [3.05, 3.63) is 58.3 Å². The molecule has 1 unspecified atom stereocenters. The standard InChI is InChI=1S/C20H18N4O3S/c1-3-26-14-9-11(6-7-13(14)25-2)16-12(10-21)19(22)27-20-17(16)18(23-24-20)15-5-4-8-28-15/h4-9,16H,3,22H2,1-2H3,(H,23,24). The Balaban J connectivity index is 1.92. The summed E-state index contributed by atoms with van der Waals surface area (Å²) in [7, 11) is 1.59. The van der Waals surface area contributed by atoms with E-state index in [1.165, 1.54) is 0 Å². The highest BCUT2D eigenvalue weighted by atomic mass is 32.1. The maximum atomic E-state index is 9.80. The van der Waals surface area contributed by atoms with E-state index in [0.717, 1.165) is 21.7 Å². The van der Waals surface area contributed by atoms with Gasteiger partial charge in [0.15, 0.2) is 11.5 Å². The molecule has 0 radical (unpaired) electrons. The zero-order valence-electron chi connectivity index (χ0n) is 15.4. The van der Waals surface area contributed by atoms with Crippen molar-refractivity contribution in [3.8, 4) is 34.0 Å². The average Bonchev–Trinajstić information content (AvgIpc) is 3.36. The van der Waals surface area contributed by atoms with Gasteiger partial charge in [-0.25, -0.2) is 0 Å². The van der Waals surface area contributed by atoms with Crippen molar-refractivity contribution in [1.82, 2.24) is 10.2 Å². The van der Waals surface area contributed by atoms with Gasteiger partial charge < -0.3 is 19.9 Å². The first-order chi connectivity index (χ1) is 13.7. The zero-order valence-corrected chi connectivity index (χ0v) is 16.2. The van der Waals surface area contributed by atoms with E-state index < -0.39 is 5.92 Å². The maximum absolute atomic E-state index is 9.80. The van der Waals surface area contributed by atoms with Gasteiger partial charge in [0.2, 0.25) is 11.8 Å². The fraction of sp³-hybridized carbons (Fsp3) is 0.200. The Labute approximate surface area is 166 Å². The molecule has 0 aliphatic carbocycles. The molecule has 28 heavy (non-hydrogen) atoms. The monoisotopic (exact) mass is 394 g/mol. The molecule has 4 rings (SSSR count). The Bertz CT molecular complexity index is 1080. The summed E-state index contributed by atoms with van der Waals surface area (Å²) in [5.41, 5.74) is 8.80. The fourth-order valence-electron chi connectivity index (χ4n) is 3.33. The van der Waals surface area contributed by atoms with Gasteiger partial charge in [-0.3, -0.25) is 5.10 Å². The highest BCUT2D eigenvalue weighted by Crippen LogP contribution is 2.47. The minimum Gasteiger partial charge on any atom is -0.493 e. The molecule has 0 saturated carbocycles. The SMILES string of the molecule is CCOc1cc(C2C(C#N)=C(N)Oc3n[nH]c(-c4cccs4)c32)ccc1OC. The number of ether oxygens (including phenoxy) is 3. The molecule has 142 valence electrons. The van der Waals surface area contributed by atoms with Gasteiger partial charge in [0.1, 0.15) is 11.6 Å². The molecule has 3 aromatic rings. The number of nitriles is 1. The van der Waals surface area contributed by atoms with Crippen LogP contribution in [0.4, 0.5) is 0 Å². The number of rotatable bonds is 5. The van der Waals surface area contributed by atoms with Crippen molar-refractivity contribution in [2.45, 2.75) is 12.8 Å². The number of fused-ring (bicyclic) bond motifs is 1. The molecule has 7 nitrogen and oxygen atoms in total. The van der Waals surface area contributed by atoms with Gasteiger partial charge in [-0.05, 0) is 36.1 Å². The van der Waals surface area contributed by atoms with E-state index >= 15 is 0 Å². The van der Waals surface area contributed by atoms with Crippen LogP contribution in [0.15, 0.2) is 47.2 Å². The van der Waals surface area contributed by atoms with Crippen LogP contribution in [0.3, 0.4) is 0 Å². The number of thiophene rings is 1. The van der Waals surface area contributed by atoms with Crippen molar-refractivity contribution in [3.63, 3.8) is 0 Å². The van der Waals surface area contributed by atoms with Crippen LogP contribution in [0.1, 0.15) is 24.0 Å². The molecule has 3 N–H and O–H groups in total. The van der Waals surface area contributed by atoms with Crippen LogP contribution in [-0.2, 0) is 0 Å². The summed E-state index contributed by atoms with van der Waals surface area (Å²) in [4.78, 5) is 0.999. The molecule has 1 aliphatic rings. The van der Waals surface area contributed by atoms with Crippen molar-refractivity contribution >= 4 is 11.3 Å². The van der Waals surface area contributed by atoms with E-state index in [-0.39, 0.29) is 5.88 Å². The molecule has 3 heterocycles. The van der Waals surface area contributed by atoms with Crippen LogP contribution in [0.5, 0.6) is 17.4 Å². The second kappa shape index (κ2) is 7.29. The van der Waals surface area contributed by atoms with E-state index in [2.05, 4.69) is 16.3 Å². The Morgan fingerprint density at radius 2 is 2.21 bits per heavy atom. The van der Waals surface area contributed by atoms with Gasteiger partial charge in [-0.2, -0.15) is 5.26 Å². The third kappa shape index (κ3) is 2.86. The molecule has 1 aliphatic heterocycles. The third-order valence-corrected chi connectivity index (χ3v) is 5.41. The van der Waals surface area contributed by atoms with E-state index in [0.29, 0.717) is 29.6 Å². The number of hydrogen-bond acceptors (Lipinski definition) is 7. The molecule has 2 aromatic heterocycles. The normalized spacial score (nSPS) is 15.5. The lowest BCUT2D eigenvalue weighted by Gasteiger charge is -2.24. The predicted octanol–water partition coefficient (Wildman–Crippen LogP) is 3.76. The summed E-state index contributed by atoms with van der Waals surface area (Å²) >= 11 is 1.58. The number of methoxy groups -OCH3 is 1. The predicted molar refractivity (Wildman–Crippen MR) is 105 cm³/mol. The quantitative estimate of drug-likeness (QED) is 0.682. The van der Waals surface area contributed by atoms with Gasteiger partial charge in [0, 0.05) is 0 Å². The van der Waals surface area contributed by atoms with Gasteiger partial charge >= 0.3 is 0 Å². The second-order valence-electron chi connectivity index (χ2n) is 6.06. The molecule has 0 saturated heterocycles. The van der Waals surface area contributed by atoms with Gasteiger partial charge in [0.25, 0.3) is 0 Å². The van der Waals surface area contributed by atoms with Crippen LogP contribution < -0.4 is 19.9 Å². The lowest BCUT2D eigenvalue weighted by atomic mass is 9.83. The summed E-state index contributed by atoms with van der Waals surface area (Å²) in [6.45, 7) is 2.40. The number of hydrogen-bond donors (Lipinski definition) is 2. The molecule has 1 atom stereocenters. The smallest absolute Gasteiger partial charge is 0.244 e. The Morgan fingerprint density at radius 3 is 2.89 bits per heavy atom. The number of nitrogens with zero attached hydrogens (tertiary/aromatic N) is 2. The summed E-state index contributed by atoms with van der Waals surface area (Å²) in [6.07, 6.45) is 0. The highest BCUT2D eigenvalue weighted by molar-refractivity contribution is 7.13. The van der Waals surface area contributed by atoms with Crippen molar-refractivity contribution in [2.24, 2.45) is 5.73 Å². The van der Waals surface area contributed by atoms with E-state index in [9.17, 15) is 5.26 Å². The first kappa shape index (κ1) is 17.9. The number of nitrogens with two attached hydrogens (primary N) is 1. The fourth-order valence-corrected chi connectivity index (χ4v) is 4.06. The van der Waals surface area contributed by atoms with Crippen LogP contribution in [-0.4, -0.2) is 23.9 Å². The molecule has 1 aromatic carbocycles. The topological polar surface area (TPSA) is 106 Å². The molecule has 0 spiro atoms. The Hall–Kier alpha value is -3.44. The number of nitrogens with one attached hydrogen (secondary N) is 1. The first-order valence-corrected chi connectivity index (χ1v) is 9.56. The van der Waals surface area contributed by atoms with Crippen molar-refractivity contribution < 1.29 is 14.2 Å². The Morgan fingerprint density at radius 1 is 1.36 bits per heavy atom. The zero-order chi connectivity index (χ0) is 19.7. The van der Waals surface area contributed by atoms with E-state index in [4.69, 9.17) is 19.9 Å². The highest BCUT2D eigenvalue weighted by Gasteiger charge is 2.36. The lowest BCUT2D eigenvalue weighted by Crippen LogP contribution is -2.21. The minimum absolute atomic E-state index is 0.0537. The number of benzene rings is 1. The van der Waals surface area contributed by atoms with Crippen LogP contribution in [0, 0.1) is 11.3 Å². The van der Waals surface area contributed by atoms with E-state index in [1.54, 1.807) is 18.4 Å². The number of H-pyrrole nitrogens is 1. The largest absolute Gasteiger partial charge is 0.493 e. The average molecular weight is 394 g/mol. The maximum Gasteiger partial charge on any atom is 0.244 e. The van der Waals surface area contributed by atoms with Crippen molar-refractivity contribution in [2.75, 3.05) is 13.7 Å². The number of aromatic nitrogens is 2. The summed E-state index contributed by atoms with van der Waals surface area (Å²) in [6, 6.07) is 11.8. The minimum atomic E-state index is -0.435. The molecular weight excluding hydrogens is 376 g/mol. The molecule has 0 amide bonds. The summed E-state index contributed by atoms with van der Waals surface area (Å²) in [5, 5.41) is 19.1. The van der Waals surface area contributed by atoms with Crippen molar-refractivity contribution in [1.29, 1.82) is 5.26 Å². The summed E-state index contributed by atoms with van der Waals surface area (Å²) in [5.74, 6) is 1.22. The molecular formula is C20H18N4O3S. The molecule has 8 heteroatoms. The van der Waals surface area contributed by atoms with Crippen LogP contribution >= 0.6 is 11.3 Å². The summed E-state index contributed by atoms with van der Waals surface area (Å²) < 4.78 is 16.7. The molecule has 0 fully saturated rings. The first-order valence-electron chi connectivity index (χ1n) is 8.68. The second-order valence-corrected chi connectivity index (χ2v) is 7.01. The number of allylic oxidation sites excluding steroid dienone is 1. The number of aromatic amines is 1. The van der Waals surface area contributed by atoms with Gasteiger partial charge in [0.05, 0.1) is 35.8 Å². The molecule has 0 bridgehead atoms. The van der Waals surface area contributed by atoms with Crippen LogP contribution in [0.2, 0.25) is 0 Å². The third-order valence-electron chi connectivity index (χ3n) is 4.53. The van der Waals surface area contributed by atoms with Gasteiger partial charge in [-0.1, -0.05) is 12.1 Å².